The van der Waals surface area contributed by atoms with E-state index in [1.807, 2.05) is 48.5 Å². The first-order valence-corrected chi connectivity index (χ1v) is 11.7. The molecule has 0 radical (unpaired) electrons. The molecule has 6 nitrogen and oxygen atoms in total. The van der Waals surface area contributed by atoms with Crippen LogP contribution in [0.2, 0.25) is 0 Å². The first kappa shape index (κ1) is 23.9. The zero-order valence-electron chi connectivity index (χ0n) is 18.6. The number of hydrogen-bond donors (Lipinski definition) is 2. The monoisotopic (exact) mass is 527 g/mol. The molecule has 3 aromatic carbocycles. The third-order valence-electron chi connectivity index (χ3n) is 4.96. The van der Waals surface area contributed by atoms with Crippen LogP contribution in [0.25, 0.3) is 6.08 Å². The summed E-state index contributed by atoms with van der Waals surface area (Å²) in [5, 5.41) is 5.57. The lowest BCUT2D eigenvalue weighted by Gasteiger charge is -2.12. The van der Waals surface area contributed by atoms with Gasteiger partial charge in [0, 0.05) is 24.5 Å². The van der Waals surface area contributed by atoms with Crippen LogP contribution in [0.4, 0.5) is 0 Å². The van der Waals surface area contributed by atoms with Gasteiger partial charge in [-0.25, -0.2) is 0 Å². The smallest absolute Gasteiger partial charge is 0.268 e. The maximum Gasteiger partial charge on any atom is 0.268 e. The molecular formula is C28H22BrN3O3. The molecule has 0 spiro atoms. The van der Waals surface area contributed by atoms with Crippen LogP contribution in [0.15, 0.2) is 114 Å². The third kappa shape index (κ3) is 6.88. The van der Waals surface area contributed by atoms with Gasteiger partial charge in [0.2, 0.25) is 0 Å². The molecule has 0 aliphatic heterocycles. The normalized spacial score (nSPS) is 10.9. The van der Waals surface area contributed by atoms with Crippen molar-refractivity contribution in [1.29, 1.82) is 0 Å². The van der Waals surface area contributed by atoms with Crippen molar-refractivity contribution in [2.75, 3.05) is 0 Å². The van der Waals surface area contributed by atoms with Crippen LogP contribution in [-0.2, 0) is 11.3 Å². The van der Waals surface area contributed by atoms with Crippen molar-refractivity contribution in [2.45, 2.75) is 6.54 Å². The number of para-hydroxylation sites is 1. The number of ether oxygens (including phenoxy) is 1. The Balaban J connectivity index is 1.53. The quantitative estimate of drug-likeness (QED) is 0.287. The van der Waals surface area contributed by atoms with Crippen LogP contribution in [0, 0.1) is 0 Å². The van der Waals surface area contributed by atoms with Crippen molar-refractivity contribution in [3.63, 3.8) is 0 Å². The number of aromatic nitrogens is 1. The van der Waals surface area contributed by atoms with E-state index in [-0.39, 0.29) is 18.1 Å². The van der Waals surface area contributed by atoms with E-state index >= 15 is 0 Å². The van der Waals surface area contributed by atoms with Crippen LogP contribution in [0.5, 0.6) is 11.5 Å². The molecule has 0 saturated carbocycles. The number of nitrogens with zero attached hydrogens (tertiary/aromatic N) is 1. The highest BCUT2D eigenvalue weighted by Crippen LogP contribution is 2.29. The minimum Gasteiger partial charge on any atom is -0.456 e. The van der Waals surface area contributed by atoms with Gasteiger partial charge >= 0.3 is 0 Å². The third-order valence-corrected chi connectivity index (χ3v) is 5.62. The van der Waals surface area contributed by atoms with Crippen LogP contribution >= 0.6 is 15.9 Å². The number of pyridine rings is 1. The van der Waals surface area contributed by atoms with Gasteiger partial charge in [-0.1, -0.05) is 48.5 Å². The Kier molecular flexibility index (Phi) is 8.04. The summed E-state index contributed by atoms with van der Waals surface area (Å²) in [4.78, 5) is 29.8. The van der Waals surface area contributed by atoms with Gasteiger partial charge in [0.1, 0.15) is 17.2 Å². The molecular weight excluding hydrogens is 506 g/mol. The topological polar surface area (TPSA) is 80.3 Å². The largest absolute Gasteiger partial charge is 0.456 e. The Bertz CT molecular complexity index is 1320. The van der Waals surface area contributed by atoms with Crippen molar-refractivity contribution in [1.82, 2.24) is 15.6 Å². The van der Waals surface area contributed by atoms with Crippen LogP contribution in [0.1, 0.15) is 21.5 Å². The molecule has 0 saturated heterocycles. The SMILES string of the molecule is O=C(NCc1cccnc1)/C(=C/c1ccc(Oc2ccccc2Br)cc1)NC(=O)c1ccccc1. The van der Waals surface area contributed by atoms with Crippen molar-refractivity contribution in [3.8, 4) is 11.5 Å². The number of carbonyl (C=O) groups excluding carboxylic acids is 2. The fraction of sp³-hybridized carbons (Fsp3) is 0.0357. The second-order valence-electron chi connectivity index (χ2n) is 7.52. The van der Waals surface area contributed by atoms with E-state index in [9.17, 15) is 9.59 Å². The standard InChI is InChI=1S/C28H22BrN3O3/c29-24-10-4-5-11-26(24)35-23-14-12-20(13-15-23)17-25(32-27(33)22-8-2-1-3-9-22)28(34)31-19-21-7-6-16-30-18-21/h1-18H,19H2,(H,31,34)(H,32,33)/b25-17-. The molecule has 4 aromatic rings. The van der Waals surface area contributed by atoms with E-state index in [4.69, 9.17) is 4.74 Å². The Morgan fingerprint density at radius 2 is 1.63 bits per heavy atom. The first-order chi connectivity index (χ1) is 17.1. The summed E-state index contributed by atoms with van der Waals surface area (Å²) >= 11 is 3.47. The van der Waals surface area contributed by atoms with Gasteiger partial charge in [0.05, 0.1) is 4.47 Å². The molecule has 1 heterocycles. The molecule has 7 heteroatoms. The summed E-state index contributed by atoms with van der Waals surface area (Å²) in [6.45, 7) is 0.282. The highest BCUT2D eigenvalue weighted by Gasteiger charge is 2.15. The molecule has 2 N–H and O–H groups in total. The average Bonchev–Trinajstić information content (AvgIpc) is 2.90. The predicted octanol–water partition coefficient (Wildman–Crippen LogP) is 5.72. The summed E-state index contributed by atoms with van der Waals surface area (Å²) in [5.41, 5.74) is 2.16. The lowest BCUT2D eigenvalue weighted by atomic mass is 10.1. The molecule has 0 unspecified atom stereocenters. The molecule has 2 amide bonds. The van der Waals surface area contributed by atoms with Crippen molar-refractivity contribution in [3.05, 3.63) is 130 Å². The van der Waals surface area contributed by atoms with Crippen molar-refractivity contribution >= 4 is 33.8 Å². The fourth-order valence-electron chi connectivity index (χ4n) is 3.18. The number of halogens is 1. The zero-order valence-corrected chi connectivity index (χ0v) is 20.2. The Morgan fingerprint density at radius 1 is 0.886 bits per heavy atom. The van der Waals surface area contributed by atoms with Crippen LogP contribution in [0.3, 0.4) is 0 Å². The van der Waals surface area contributed by atoms with Crippen LogP contribution in [-0.4, -0.2) is 16.8 Å². The summed E-state index contributed by atoms with van der Waals surface area (Å²) in [5.74, 6) is 0.556. The van der Waals surface area contributed by atoms with Gasteiger partial charge in [0.15, 0.2) is 0 Å². The van der Waals surface area contributed by atoms with Gasteiger partial charge in [0.25, 0.3) is 11.8 Å². The summed E-state index contributed by atoms with van der Waals surface area (Å²) in [7, 11) is 0. The first-order valence-electron chi connectivity index (χ1n) is 10.9. The minimum absolute atomic E-state index is 0.127. The van der Waals surface area contributed by atoms with Gasteiger partial charge in [-0.2, -0.15) is 0 Å². The van der Waals surface area contributed by atoms with Gasteiger partial charge in [-0.05, 0) is 75.6 Å². The van der Waals surface area contributed by atoms with Gasteiger partial charge in [-0.3, -0.25) is 14.6 Å². The molecule has 0 aliphatic carbocycles. The second kappa shape index (κ2) is 11.8. The average molecular weight is 528 g/mol. The van der Waals surface area contributed by atoms with Crippen molar-refractivity contribution < 1.29 is 14.3 Å². The predicted molar refractivity (Wildman–Crippen MR) is 139 cm³/mol. The molecule has 1 aromatic heterocycles. The molecule has 4 rings (SSSR count). The fourth-order valence-corrected chi connectivity index (χ4v) is 3.54. The number of rotatable bonds is 8. The van der Waals surface area contributed by atoms with Gasteiger partial charge < -0.3 is 15.4 Å². The van der Waals surface area contributed by atoms with Crippen LogP contribution < -0.4 is 15.4 Å². The van der Waals surface area contributed by atoms with E-state index in [2.05, 4.69) is 31.5 Å². The lowest BCUT2D eigenvalue weighted by molar-refractivity contribution is -0.117. The van der Waals surface area contributed by atoms with E-state index < -0.39 is 5.91 Å². The lowest BCUT2D eigenvalue weighted by Crippen LogP contribution is -2.34. The van der Waals surface area contributed by atoms with E-state index in [1.54, 1.807) is 60.9 Å². The zero-order chi connectivity index (χ0) is 24.5. The maximum absolute atomic E-state index is 13.0. The summed E-state index contributed by atoms with van der Waals surface area (Å²) < 4.78 is 6.75. The van der Waals surface area contributed by atoms with E-state index in [1.165, 1.54) is 0 Å². The number of nitrogens with one attached hydrogen (secondary N) is 2. The van der Waals surface area contributed by atoms with E-state index in [0.717, 1.165) is 15.6 Å². The number of hydrogen-bond acceptors (Lipinski definition) is 4. The van der Waals surface area contributed by atoms with Crippen molar-refractivity contribution in [2.24, 2.45) is 0 Å². The summed E-state index contributed by atoms with van der Waals surface area (Å²) in [6.07, 6.45) is 4.97. The second-order valence-corrected chi connectivity index (χ2v) is 8.38. The summed E-state index contributed by atoms with van der Waals surface area (Å²) in [6, 6.07) is 27.2. The number of benzene rings is 3. The highest BCUT2D eigenvalue weighted by atomic mass is 79.9. The maximum atomic E-state index is 13.0. The molecule has 0 aliphatic rings. The molecule has 35 heavy (non-hydrogen) atoms. The van der Waals surface area contributed by atoms with E-state index in [0.29, 0.717) is 17.1 Å². The molecule has 0 bridgehead atoms. The minimum atomic E-state index is -0.410. The van der Waals surface area contributed by atoms with Gasteiger partial charge in [-0.15, -0.1) is 0 Å². The Morgan fingerprint density at radius 3 is 2.34 bits per heavy atom. The number of amides is 2. The molecule has 0 fully saturated rings. The highest BCUT2D eigenvalue weighted by molar-refractivity contribution is 9.10. The Hall–Kier alpha value is -4.23. The Labute approximate surface area is 211 Å². The molecule has 0 atom stereocenters. The molecule has 174 valence electrons. The number of carbonyl (C=O) groups is 2.